The van der Waals surface area contributed by atoms with Gasteiger partial charge in [-0.1, -0.05) is 155 Å². The Morgan fingerprint density at radius 3 is 0.862 bits per heavy atom. The molecule has 176 valence electrons. The molecule has 0 spiro atoms. The van der Waals surface area contributed by atoms with Gasteiger partial charge in [0.25, 0.3) is 0 Å². The molecular weight excluding hydrogens is 352 g/mol. The highest BCUT2D eigenvalue weighted by molar-refractivity contribution is 4.59. The summed E-state index contributed by atoms with van der Waals surface area (Å²) in [4.78, 5) is 0. The fraction of sp³-hybridized carbons (Fsp3) is 1.00. The lowest BCUT2D eigenvalue weighted by Crippen LogP contribution is -2.06. The molecule has 1 unspecified atom stereocenters. The molecule has 0 heterocycles. The second-order valence-electron chi connectivity index (χ2n) is 9.70. The fourth-order valence-corrected chi connectivity index (χ4v) is 4.52. The van der Waals surface area contributed by atoms with Crippen LogP contribution < -0.4 is 0 Å². The average Bonchev–Trinajstić information content (AvgIpc) is 2.74. The van der Waals surface area contributed by atoms with E-state index in [1.54, 1.807) is 0 Å². The van der Waals surface area contributed by atoms with E-state index in [1.807, 2.05) is 0 Å². The summed E-state index contributed by atoms with van der Waals surface area (Å²) in [5.74, 6) is 0.577. The SMILES string of the molecule is CCCCCCCCCCCCCCCCCCC(CO)CCCCCCCC. The second kappa shape index (κ2) is 26.0. The number of aliphatic hydroxyl groups is 1. The van der Waals surface area contributed by atoms with Crippen molar-refractivity contribution in [3.8, 4) is 0 Å². The quantitative estimate of drug-likeness (QED) is 0.148. The summed E-state index contributed by atoms with van der Waals surface area (Å²) in [6, 6.07) is 0. The summed E-state index contributed by atoms with van der Waals surface area (Å²) in [6.45, 7) is 4.98. The van der Waals surface area contributed by atoms with Crippen molar-refractivity contribution in [1.82, 2.24) is 0 Å². The third-order valence-electron chi connectivity index (χ3n) is 6.69. The standard InChI is InChI=1S/C28H58O/c1-3-5-7-9-11-12-13-14-15-16-17-18-19-20-22-24-26-28(27-29)25-23-21-10-8-6-4-2/h28-29H,3-27H2,1-2H3. The Hall–Kier alpha value is -0.0400. The summed E-state index contributed by atoms with van der Waals surface area (Å²) < 4.78 is 0. The van der Waals surface area contributed by atoms with Crippen LogP contribution in [0.2, 0.25) is 0 Å². The lowest BCUT2D eigenvalue weighted by Gasteiger charge is -2.13. The molecule has 0 rings (SSSR count). The molecule has 29 heavy (non-hydrogen) atoms. The maximum Gasteiger partial charge on any atom is 0.0459 e. The van der Waals surface area contributed by atoms with Gasteiger partial charge in [-0.3, -0.25) is 0 Å². The van der Waals surface area contributed by atoms with E-state index in [0.717, 1.165) is 0 Å². The molecular formula is C28H58O. The first-order chi connectivity index (χ1) is 14.3. The van der Waals surface area contributed by atoms with Gasteiger partial charge in [-0.25, -0.2) is 0 Å². The van der Waals surface area contributed by atoms with E-state index >= 15 is 0 Å². The predicted molar refractivity (Wildman–Crippen MR) is 133 cm³/mol. The summed E-state index contributed by atoms with van der Waals surface area (Å²) in [5, 5.41) is 9.59. The summed E-state index contributed by atoms with van der Waals surface area (Å²) in [6.07, 6.45) is 33.7. The van der Waals surface area contributed by atoms with Crippen molar-refractivity contribution in [2.45, 2.75) is 168 Å². The monoisotopic (exact) mass is 410 g/mol. The average molecular weight is 411 g/mol. The first-order valence-corrected chi connectivity index (χ1v) is 14.0. The molecule has 0 aromatic rings. The number of hydrogen-bond acceptors (Lipinski definition) is 1. The molecule has 1 atom stereocenters. The molecule has 0 aliphatic carbocycles. The van der Waals surface area contributed by atoms with E-state index in [0.29, 0.717) is 12.5 Å². The van der Waals surface area contributed by atoms with Crippen LogP contribution in [-0.2, 0) is 0 Å². The van der Waals surface area contributed by atoms with Crippen LogP contribution in [0.4, 0.5) is 0 Å². The van der Waals surface area contributed by atoms with Crippen LogP contribution in [0.25, 0.3) is 0 Å². The van der Waals surface area contributed by atoms with E-state index in [2.05, 4.69) is 13.8 Å². The van der Waals surface area contributed by atoms with E-state index in [1.165, 1.54) is 154 Å². The molecule has 0 radical (unpaired) electrons. The largest absolute Gasteiger partial charge is 0.396 e. The van der Waals surface area contributed by atoms with Crippen LogP contribution >= 0.6 is 0 Å². The Balaban J connectivity index is 3.21. The molecule has 0 bridgehead atoms. The maximum absolute atomic E-state index is 9.59. The van der Waals surface area contributed by atoms with Crippen molar-refractivity contribution in [2.24, 2.45) is 5.92 Å². The van der Waals surface area contributed by atoms with E-state index in [4.69, 9.17) is 0 Å². The Morgan fingerprint density at radius 2 is 0.621 bits per heavy atom. The first kappa shape index (κ1) is 29.0. The van der Waals surface area contributed by atoms with Gasteiger partial charge in [-0.05, 0) is 18.8 Å². The molecule has 0 aromatic carbocycles. The minimum absolute atomic E-state index is 0.410. The second-order valence-corrected chi connectivity index (χ2v) is 9.70. The highest BCUT2D eigenvalue weighted by atomic mass is 16.3. The smallest absolute Gasteiger partial charge is 0.0459 e. The van der Waals surface area contributed by atoms with E-state index < -0.39 is 0 Å². The maximum atomic E-state index is 9.59. The molecule has 0 amide bonds. The van der Waals surface area contributed by atoms with Crippen molar-refractivity contribution in [3.63, 3.8) is 0 Å². The Bertz CT molecular complexity index is 275. The van der Waals surface area contributed by atoms with Gasteiger partial charge in [-0.15, -0.1) is 0 Å². The molecule has 0 aliphatic rings. The van der Waals surface area contributed by atoms with Gasteiger partial charge in [0, 0.05) is 6.61 Å². The fourth-order valence-electron chi connectivity index (χ4n) is 4.52. The van der Waals surface area contributed by atoms with Crippen molar-refractivity contribution in [3.05, 3.63) is 0 Å². The van der Waals surface area contributed by atoms with Gasteiger partial charge >= 0.3 is 0 Å². The van der Waals surface area contributed by atoms with Crippen LogP contribution in [0, 0.1) is 5.92 Å². The van der Waals surface area contributed by atoms with E-state index in [-0.39, 0.29) is 0 Å². The highest BCUT2D eigenvalue weighted by Crippen LogP contribution is 2.19. The van der Waals surface area contributed by atoms with Crippen LogP contribution in [0.15, 0.2) is 0 Å². The number of rotatable bonds is 25. The number of aliphatic hydroxyl groups excluding tert-OH is 1. The Morgan fingerprint density at radius 1 is 0.379 bits per heavy atom. The predicted octanol–water partition coefficient (Wildman–Crippen LogP) is 10.00. The van der Waals surface area contributed by atoms with Crippen LogP contribution in [0.1, 0.15) is 168 Å². The zero-order valence-corrected chi connectivity index (χ0v) is 20.7. The normalized spacial score (nSPS) is 12.5. The molecule has 0 aliphatic heterocycles. The molecule has 1 heteroatoms. The van der Waals surface area contributed by atoms with Crippen LogP contribution in [0.5, 0.6) is 0 Å². The van der Waals surface area contributed by atoms with Crippen molar-refractivity contribution in [2.75, 3.05) is 6.61 Å². The Kier molecular flexibility index (Phi) is 26.0. The minimum Gasteiger partial charge on any atom is -0.396 e. The highest BCUT2D eigenvalue weighted by Gasteiger charge is 2.06. The van der Waals surface area contributed by atoms with Crippen LogP contribution in [0.3, 0.4) is 0 Å². The van der Waals surface area contributed by atoms with Crippen LogP contribution in [-0.4, -0.2) is 11.7 Å². The Labute approximate surface area is 185 Å². The summed E-state index contributed by atoms with van der Waals surface area (Å²) in [7, 11) is 0. The molecule has 1 nitrogen and oxygen atoms in total. The van der Waals surface area contributed by atoms with Gasteiger partial charge in [0.15, 0.2) is 0 Å². The topological polar surface area (TPSA) is 20.2 Å². The molecule has 1 N–H and O–H groups in total. The lowest BCUT2D eigenvalue weighted by atomic mass is 9.95. The van der Waals surface area contributed by atoms with Crippen molar-refractivity contribution >= 4 is 0 Å². The van der Waals surface area contributed by atoms with Crippen molar-refractivity contribution < 1.29 is 5.11 Å². The zero-order valence-electron chi connectivity index (χ0n) is 20.7. The third-order valence-corrected chi connectivity index (χ3v) is 6.69. The lowest BCUT2D eigenvalue weighted by molar-refractivity contribution is 0.204. The van der Waals surface area contributed by atoms with Gasteiger partial charge in [-0.2, -0.15) is 0 Å². The number of unbranched alkanes of at least 4 members (excludes halogenated alkanes) is 20. The number of hydrogen-bond donors (Lipinski definition) is 1. The first-order valence-electron chi connectivity index (χ1n) is 14.0. The van der Waals surface area contributed by atoms with Gasteiger partial charge in [0.05, 0.1) is 0 Å². The molecule has 0 saturated heterocycles. The minimum atomic E-state index is 0.410. The molecule has 0 aromatic heterocycles. The molecule has 0 saturated carbocycles. The zero-order chi connectivity index (χ0) is 21.3. The van der Waals surface area contributed by atoms with Crippen molar-refractivity contribution in [1.29, 1.82) is 0 Å². The van der Waals surface area contributed by atoms with Gasteiger partial charge in [0.2, 0.25) is 0 Å². The summed E-state index contributed by atoms with van der Waals surface area (Å²) >= 11 is 0. The van der Waals surface area contributed by atoms with E-state index in [9.17, 15) is 5.11 Å². The van der Waals surface area contributed by atoms with Gasteiger partial charge in [0.1, 0.15) is 0 Å². The summed E-state index contributed by atoms with van der Waals surface area (Å²) in [5.41, 5.74) is 0. The molecule has 0 fully saturated rings. The third kappa shape index (κ3) is 24.1. The van der Waals surface area contributed by atoms with Gasteiger partial charge < -0.3 is 5.11 Å².